The third-order valence-electron chi connectivity index (χ3n) is 1.72. The van der Waals surface area contributed by atoms with Gasteiger partial charge in [-0.05, 0) is 31.9 Å². The second-order valence-corrected chi connectivity index (χ2v) is 2.55. The first-order valence-electron chi connectivity index (χ1n) is 3.67. The van der Waals surface area contributed by atoms with Crippen LogP contribution in [0.4, 0.5) is 0 Å². The van der Waals surface area contributed by atoms with Gasteiger partial charge in [0.2, 0.25) is 0 Å². The predicted molar refractivity (Wildman–Crippen MR) is 43.1 cm³/mol. The molecule has 54 valence electrons. The maximum absolute atomic E-state index is 4.34. The summed E-state index contributed by atoms with van der Waals surface area (Å²) in [5, 5.41) is 0. The number of hydrogen-bond acceptors (Lipinski definition) is 1. The van der Waals surface area contributed by atoms with Crippen LogP contribution in [-0.2, 0) is 6.42 Å². The third kappa shape index (κ3) is 1.35. The molecule has 1 nitrogen and oxygen atoms in total. The molecule has 0 aliphatic heterocycles. The summed E-state index contributed by atoms with van der Waals surface area (Å²) in [6.07, 6.45) is 1.08. The minimum absolute atomic E-state index is 1.08. The van der Waals surface area contributed by atoms with Crippen LogP contribution in [0.15, 0.2) is 12.1 Å². The highest BCUT2D eigenvalue weighted by molar-refractivity contribution is 5.21. The van der Waals surface area contributed by atoms with Crippen LogP contribution in [0, 0.1) is 13.8 Å². The van der Waals surface area contributed by atoms with Gasteiger partial charge in [-0.1, -0.05) is 13.0 Å². The van der Waals surface area contributed by atoms with Gasteiger partial charge in [0.15, 0.2) is 0 Å². The van der Waals surface area contributed by atoms with Crippen molar-refractivity contribution in [3.8, 4) is 0 Å². The molecular weight excluding hydrogens is 122 g/mol. The van der Waals surface area contributed by atoms with Crippen LogP contribution in [-0.4, -0.2) is 4.98 Å². The summed E-state index contributed by atoms with van der Waals surface area (Å²) >= 11 is 0. The Labute approximate surface area is 62.1 Å². The van der Waals surface area contributed by atoms with E-state index >= 15 is 0 Å². The Bertz CT molecular complexity index is 228. The predicted octanol–water partition coefficient (Wildman–Crippen LogP) is 2.26. The van der Waals surface area contributed by atoms with Crippen molar-refractivity contribution in [3.05, 3.63) is 29.1 Å². The van der Waals surface area contributed by atoms with Gasteiger partial charge in [-0.3, -0.25) is 4.98 Å². The lowest BCUT2D eigenvalue weighted by Crippen LogP contribution is -1.91. The molecule has 1 aromatic heterocycles. The number of aromatic nitrogens is 1. The molecular formula is C9H13N. The summed E-state index contributed by atoms with van der Waals surface area (Å²) in [4.78, 5) is 4.34. The lowest BCUT2D eigenvalue weighted by Gasteiger charge is -2.01. The second kappa shape index (κ2) is 2.82. The number of rotatable bonds is 1. The maximum atomic E-state index is 4.34. The number of pyridine rings is 1. The minimum Gasteiger partial charge on any atom is -0.258 e. The summed E-state index contributed by atoms with van der Waals surface area (Å²) < 4.78 is 0. The minimum atomic E-state index is 1.08. The van der Waals surface area contributed by atoms with Gasteiger partial charge in [-0.25, -0.2) is 0 Å². The molecule has 0 saturated carbocycles. The molecule has 1 heterocycles. The van der Waals surface area contributed by atoms with Crippen molar-refractivity contribution in [1.82, 2.24) is 4.98 Å². The van der Waals surface area contributed by atoms with Crippen LogP contribution in [0.2, 0.25) is 0 Å². The van der Waals surface area contributed by atoms with Gasteiger partial charge in [0.25, 0.3) is 0 Å². The lowest BCUT2D eigenvalue weighted by atomic mass is 10.1. The number of nitrogens with zero attached hydrogens (tertiary/aromatic N) is 1. The fourth-order valence-corrected chi connectivity index (χ4v) is 1.09. The molecule has 0 unspecified atom stereocenters. The van der Waals surface area contributed by atoms with E-state index in [2.05, 4.69) is 31.0 Å². The van der Waals surface area contributed by atoms with Gasteiger partial charge in [0, 0.05) is 11.4 Å². The van der Waals surface area contributed by atoms with E-state index in [-0.39, 0.29) is 0 Å². The molecule has 0 N–H and O–H groups in total. The van der Waals surface area contributed by atoms with E-state index in [1.54, 1.807) is 0 Å². The Hall–Kier alpha value is -0.850. The standard InChI is InChI=1S/C9H13N/c1-4-9-6-5-7(2)10-8(9)3/h5-6H,4H2,1-3H3. The molecule has 0 fully saturated rings. The molecule has 1 rings (SSSR count). The molecule has 0 saturated heterocycles. The average Bonchev–Trinajstić information content (AvgIpc) is 1.88. The zero-order valence-electron chi connectivity index (χ0n) is 6.81. The number of aryl methyl sites for hydroxylation is 3. The Morgan fingerprint density at radius 1 is 1.30 bits per heavy atom. The number of hydrogen-bond donors (Lipinski definition) is 0. The van der Waals surface area contributed by atoms with Crippen molar-refractivity contribution >= 4 is 0 Å². The Kier molecular flexibility index (Phi) is 2.05. The quantitative estimate of drug-likeness (QED) is 0.575. The van der Waals surface area contributed by atoms with Crippen molar-refractivity contribution in [3.63, 3.8) is 0 Å². The monoisotopic (exact) mass is 135 g/mol. The average molecular weight is 135 g/mol. The van der Waals surface area contributed by atoms with Gasteiger partial charge in [-0.2, -0.15) is 0 Å². The van der Waals surface area contributed by atoms with E-state index in [0.717, 1.165) is 12.1 Å². The third-order valence-corrected chi connectivity index (χ3v) is 1.72. The topological polar surface area (TPSA) is 12.9 Å². The molecule has 1 aromatic rings. The van der Waals surface area contributed by atoms with Crippen LogP contribution >= 0.6 is 0 Å². The van der Waals surface area contributed by atoms with Crippen LogP contribution in [0.25, 0.3) is 0 Å². The van der Waals surface area contributed by atoms with Gasteiger partial charge in [0.05, 0.1) is 0 Å². The SMILES string of the molecule is CCc1ccc(C)nc1C. The second-order valence-electron chi connectivity index (χ2n) is 2.55. The lowest BCUT2D eigenvalue weighted by molar-refractivity contribution is 1.02. The highest BCUT2D eigenvalue weighted by Gasteiger charge is 1.94. The van der Waals surface area contributed by atoms with Crippen LogP contribution in [0.3, 0.4) is 0 Å². The maximum Gasteiger partial charge on any atom is 0.0407 e. The van der Waals surface area contributed by atoms with Crippen molar-refractivity contribution in [1.29, 1.82) is 0 Å². The fraction of sp³-hybridized carbons (Fsp3) is 0.444. The molecule has 0 amide bonds. The highest BCUT2D eigenvalue weighted by atomic mass is 14.7. The summed E-state index contributed by atoms with van der Waals surface area (Å²) in [5.41, 5.74) is 3.63. The largest absolute Gasteiger partial charge is 0.258 e. The first-order valence-corrected chi connectivity index (χ1v) is 3.67. The normalized spacial score (nSPS) is 9.90. The van der Waals surface area contributed by atoms with Crippen molar-refractivity contribution in [2.45, 2.75) is 27.2 Å². The van der Waals surface area contributed by atoms with E-state index in [1.807, 2.05) is 6.92 Å². The van der Waals surface area contributed by atoms with Gasteiger partial charge in [-0.15, -0.1) is 0 Å². The highest BCUT2D eigenvalue weighted by Crippen LogP contribution is 2.05. The van der Waals surface area contributed by atoms with Crippen molar-refractivity contribution in [2.75, 3.05) is 0 Å². The first-order chi connectivity index (χ1) is 4.74. The Morgan fingerprint density at radius 3 is 2.50 bits per heavy atom. The smallest absolute Gasteiger partial charge is 0.0407 e. The van der Waals surface area contributed by atoms with Crippen molar-refractivity contribution in [2.24, 2.45) is 0 Å². The summed E-state index contributed by atoms with van der Waals surface area (Å²) in [7, 11) is 0. The molecule has 0 spiro atoms. The Balaban J connectivity index is 3.07. The Morgan fingerprint density at radius 2 is 2.00 bits per heavy atom. The molecule has 0 atom stereocenters. The van der Waals surface area contributed by atoms with Crippen LogP contribution < -0.4 is 0 Å². The van der Waals surface area contributed by atoms with E-state index in [4.69, 9.17) is 0 Å². The fourth-order valence-electron chi connectivity index (χ4n) is 1.09. The van der Waals surface area contributed by atoms with Crippen molar-refractivity contribution < 1.29 is 0 Å². The summed E-state index contributed by atoms with van der Waals surface area (Å²) in [6, 6.07) is 4.21. The zero-order chi connectivity index (χ0) is 7.56. The molecule has 0 aliphatic carbocycles. The van der Waals surface area contributed by atoms with E-state index in [1.165, 1.54) is 11.3 Å². The molecule has 10 heavy (non-hydrogen) atoms. The molecule has 0 aromatic carbocycles. The van der Waals surface area contributed by atoms with Crippen LogP contribution in [0.5, 0.6) is 0 Å². The van der Waals surface area contributed by atoms with E-state index < -0.39 is 0 Å². The molecule has 0 aliphatic rings. The summed E-state index contributed by atoms with van der Waals surface area (Å²) in [5.74, 6) is 0. The van der Waals surface area contributed by atoms with E-state index in [9.17, 15) is 0 Å². The molecule has 0 bridgehead atoms. The van der Waals surface area contributed by atoms with Crippen LogP contribution in [0.1, 0.15) is 23.9 Å². The molecule has 0 radical (unpaired) electrons. The first kappa shape index (κ1) is 7.26. The zero-order valence-corrected chi connectivity index (χ0v) is 6.81. The van der Waals surface area contributed by atoms with Gasteiger partial charge >= 0.3 is 0 Å². The summed E-state index contributed by atoms with van der Waals surface area (Å²) in [6.45, 7) is 6.23. The van der Waals surface area contributed by atoms with Gasteiger partial charge < -0.3 is 0 Å². The van der Waals surface area contributed by atoms with Gasteiger partial charge in [0.1, 0.15) is 0 Å². The van der Waals surface area contributed by atoms with E-state index in [0.29, 0.717) is 0 Å². The molecule has 1 heteroatoms.